The van der Waals surface area contributed by atoms with Crippen LogP contribution in [0.3, 0.4) is 0 Å². The summed E-state index contributed by atoms with van der Waals surface area (Å²) in [6, 6.07) is 0. The highest BCUT2D eigenvalue weighted by Crippen LogP contribution is 2.37. The third-order valence-electron chi connectivity index (χ3n) is 4.02. The summed E-state index contributed by atoms with van der Waals surface area (Å²) < 4.78 is 0. The summed E-state index contributed by atoms with van der Waals surface area (Å²) in [5, 5.41) is 23.8. The lowest BCUT2D eigenvalue weighted by atomic mass is 9.74. The van der Waals surface area contributed by atoms with E-state index in [0.29, 0.717) is 6.54 Å². The first-order valence-corrected chi connectivity index (χ1v) is 6.93. The molecule has 1 heterocycles. The van der Waals surface area contributed by atoms with E-state index in [9.17, 15) is 15.2 Å². The number of aromatic nitrogens is 2. The molecule has 1 saturated carbocycles. The summed E-state index contributed by atoms with van der Waals surface area (Å²) >= 11 is 0. The number of hydrogen-bond donors (Lipinski definition) is 4. The van der Waals surface area contributed by atoms with Crippen LogP contribution in [0.15, 0.2) is 6.33 Å². The molecule has 2 rings (SSSR count). The Hall–Kier alpha value is -2.00. The minimum atomic E-state index is -0.579. The Balaban J connectivity index is 2.17. The van der Waals surface area contributed by atoms with E-state index < -0.39 is 4.92 Å². The number of nitrogens with two attached hydrogens (primary N) is 1. The quantitative estimate of drug-likeness (QED) is 0.346. The van der Waals surface area contributed by atoms with Crippen LogP contribution in [0.2, 0.25) is 0 Å². The highest BCUT2D eigenvalue weighted by molar-refractivity contribution is 5.68. The second-order valence-electron chi connectivity index (χ2n) is 5.39. The average molecular weight is 296 g/mol. The van der Waals surface area contributed by atoms with Crippen LogP contribution >= 0.6 is 0 Å². The van der Waals surface area contributed by atoms with E-state index in [2.05, 4.69) is 20.7 Å². The fourth-order valence-electron chi connectivity index (χ4n) is 2.75. The van der Waals surface area contributed by atoms with E-state index in [1.165, 1.54) is 6.33 Å². The van der Waals surface area contributed by atoms with Crippen LogP contribution in [0.1, 0.15) is 32.1 Å². The molecule has 116 valence electrons. The first-order chi connectivity index (χ1) is 10.1. The van der Waals surface area contributed by atoms with E-state index >= 15 is 0 Å². The number of hydrogen-bond acceptors (Lipinski definition) is 8. The van der Waals surface area contributed by atoms with E-state index in [4.69, 9.17) is 5.84 Å². The zero-order valence-corrected chi connectivity index (χ0v) is 11.7. The SMILES string of the molecule is NNc1ncnc(NCC2(CO)CCCCC2)c1[N+](=O)[O-]. The summed E-state index contributed by atoms with van der Waals surface area (Å²) in [4.78, 5) is 18.2. The molecule has 1 aromatic rings. The molecule has 1 aliphatic carbocycles. The number of aliphatic hydroxyl groups excluding tert-OH is 1. The molecule has 1 aromatic heterocycles. The molecule has 0 radical (unpaired) electrons. The minimum Gasteiger partial charge on any atom is -0.396 e. The maximum Gasteiger partial charge on any atom is 0.354 e. The fourth-order valence-corrected chi connectivity index (χ4v) is 2.75. The van der Waals surface area contributed by atoms with Crippen LogP contribution in [-0.2, 0) is 0 Å². The largest absolute Gasteiger partial charge is 0.396 e. The zero-order chi connectivity index (χ0) is 15.3. The molecular weight excluding hydrogens is 276 g/mol. The standard InChI is InChI=1S/C12H20N6O3/c13-17-11-9(18(20)21)10(15-8-16-11)14-6-12(7-19)4-2-1-3-5-12/h8,19H,1-7,13H2,(H2,14,15,16,17). The van der Waals surface area contributed by atoms with Crippen molar-refractivity contribution in [2.45, 2.75) is 32.1 Å². The number of nitrogen functional groups attached to an aromatic ring is 1. The monoisotopic (exact) mass is 296 g/mol. The Morgan fingerprint density at radius 3 is 2.57 bits per heavy atom. The van der Waals surface area contributed by atoms with E-state index in [-0.39, 0.29) is 29.3 Å². The highest BCUT2D eigenvalue weighted by atomic mass is 16.6. The van der Waals surface area contributed by atoms with Crippen molar-refractivity contribution in [3.63, 3.8) is 0 Å². The maximum atomic E-state index is 11.1. The van der Waals surface area contributed by atoms with Crippen molar-refractivity contribution >= 4 is 17.3 Å². The molecule has 1 aliphatic rings. The molecule has 0 saturated heterocycles. The van der Waals surface area contributed by atoms with E-state index in [1.54, 1.807) is 0 Å². The lowest BCUT2D eigenvalue weighted by molar-refractivity contribution is -0.383. The Bertz CT molecular complexity index is 504. The van der Waals surface area contributed by atoms with Gasteiger partial charge in [0.25, 0.3) is 0 Å². The Kier molecular flexibility index (Phi) is 4.86. The molecule has 0 aromatic carbocycles. The Morgan fingerprint density at radius 2 is 2.00 bits per heavy atom. The first kappa shape index (κ1) is 15.4. The molecule has 9 nitrogen and oxygen atoms in total. The third-order valence-corrected chi connectivity index (χ3v) is 4.02. The molecule has 1 fully saturated rings. The average Bonchev–Trinajstić information content (AvgIpc) is 2.53. The van der Waals surface area contributed by atoms with Crippen LogP contribution in [0.25, 0.3) is 0 Å². The van der Waals surface area contributed by atoms with Gasteiger partial charge in [-0.05, 0) is 12.8 Å². The smallest absolute Gasteiger partial charge is 0.354 e. The minimum absolute atomic E-state index is 0.0424. The maximum absolute atomic E-state index is 11.1. The van der Waals surface area contributed by atoms with Crippen molar-refractivity contribution in [2.75, 3.05) is 23.9 Å². The summed E-state index contributed by atoms with van der Waals surface area (Å²) in [5.41, 5.74) is 1.67. The van der Waals surface area contributed by atoms with Gasteiger partial charge in [0.2, 0.25) is 11.6 Å². The lowest BCUT2D eigenvalue weighted by Crippen LogP contribution is -2.36. The van der Waals surface area contributed by atoms with Gasteiger partial charge in [-0.15, -0.1) is 0 Å². The van der Waals surface area contributed by atoms with E-state index in [1.807, 2.05) is 0 Å². The van der Waals surface area contributed by atoms with Gasteiger partial charge in [0.05, 0.1) is 11.5 Å². The van der Waals surface area contributed by atoms with Crippen molar-refractivity contribution in [3.8, 4) is 0 Å². The molecule has 0 atom stereocenters. The van der Waals surface area contributed by atoms with Crippen molar-refractivity contribution in [2.24, 2.45) is 11.3 Å². The molecule has 0 spiro atoms. The number of aliphatic hydroxyl groups is 1. The Labute approximate surface area is 122 Å². The summed E-state index contributed by atoms with van der Waals surface area (Å²) in [6.07, 6.45) is 6.29. The van der Waals surface area contributed by atoms with Crippen molar-refractivity contribution in [1.82, 2.24) is 9.97 Å². The van der Waals surface area contributed by atoms with Gasteiger partial charge in [-0.25, -0.2) is 15.8 Å². The normalized spacial score (nSPS) is 17.2. The number of nitro groups is 1. The second-order valence-corrected chi connectivity index (χ2v) is 5.39. The van der Waals surface area contributed by atoms with Gasteiger partial charge in [-0.1, -0.05) is 19.3 Å². The summed E-state index contributed by atoms with van der Waals surface area (Å²) in [6.45, 7) is 0.492. The lowest BCUT2D eigenvalue weighted by Gasteiger charge is -2.35. The van der Waals surface area contributed by atoms with Gasteiger partial charge < -0.3 is 15.8 Å². The number of rotatable bonds is 6. The van der Waals surface area contributed by atoms with Gasteiger partial charge in [-0.3, -0.25) is 10.1 Å². The molecule has 0 bridgehead atoms. The zero-order valence-electron chi connectivity index (χ0n) is 11.7. The van der Waals surface area contributed by atoms with Crippen LogP contribution in [0, 0.1) is 15.5 Å². The van der Waals surface area contributed by atoms with Crippen LogP contribution in [0.5, 0.6) is 0 Å². The van der Waals surface area contributed by atoms with Gasteiger partial charge in [0, 0.05) is 12.0 Å². The van der Waals surface area contributed by atoms with Gasteiger partial charge in [-0.2, -0.15) is 0 Å². The number of nitrogens with one attached hydrogen (secondary N) is 2. The molecule has 0 unspecified atom stereocenters. The molecule has 5 N–H and O–H groups in total. The van der Waals surface area contributed by atoms with Crippen molar-refractivity contribution < 1.29 is 10.0 Å². The van der Waals surface area contributed by atoms with Gasteiger partial charge in [0.1, 0.15) is 6.33 Å². The van der Waals surface area contributed by atoms with Crippen LogP contribution in [-0.4, -0.2) is 33.1 Å². The van der Waals surface area contributed by atoms with E-state index in [0.717, 1.165) is 32.1 Å². The highest BCUT2D eigenvalue weighted by Gasteiger charge is 2.32. The first-order valence-electron chi connectivity index (χ1n) is 6.93. The van der Waals surface area contributed by atoms with Crippen LogP contribution < -0.4 is 16.6 Å². The third kappa shape index (κ3) is 3.37. The molecule has 0 amide bonds. The number of hydrazine groups is 1. The molecule has 0 aliphatic heterocycles. The fraction of sp³-hybridized carbons (Fsp3) is 0.667. The predicted octanol–water partition coefficient (Wildman–Crippen LogP) is 1.03. The summed E-state index contributed by atoms with van der Waals surface area (Å²) in [7, 11) is 0. The van der Waals surface area contributed by atoms with Crippen LogP contribution in [0.4, 0.5) is 17.3 Å². The number of anilines is 2. The molecular formula is C12H20N6O3. The Morgan fingerprint density at radius 1 is 1.33 bits per heavy atom. The van der Waals surface area contributed by atoms with Crippen molar-refractivity contribution in [3.05, 3.63) is 16.4 Å². The molecule has 9 heteroatoms. The van der Waals surface area contributed by atoms with Crippen molar-refractivity contribution in [1.29, 1.82) is 0 Å². The van der Waals surface area contributed by atoms with Gasteiger partial charge in [0.15, 0.2) is 0 Å². The topological polar surface area (TPSA) is 139 Å². The van der Waals surface area contributed by atoms with Gasteiger partial charge >= 0.3 is 5.69 Å². The predicted molar refractivity (Wildman–Crippen MR) is 77.6 cm³/mol. The second kappa shape index (κ2) is 6.64. The number of nitrogens with zero attached hydrogens (tertiary/aromatic N) is 3. The molecule has 21 heavy (non-hydrogen) atoms. The summed E-state index contributed by atoms with van der Waals surface area (Å²) in [5.74, 6) is 5.31.